The van der Waals surface area contributed by atoms with Crippen LogP contribution in [0.4, 0.5) is 5.69 Å². The molecule has 0 bridgehead atoms. The van der Waals surface area contributed by atoms with E-state index in [9.17, 15) is 14.9 Å². The van der Waals surface area contributed by atoms with E-state index in [1.165, 1.54) is 18.2 Å². The molecule has 0 spiro atoms. The molecule has 0 aliphatic rings. The van der Waals surface area contributed by atoms with Gasteiger partial charge in [-0.1, -0.05) is 11.6 Å². The molecule has 7 heteroatoms. The fourth-order valence-electron chi connectivity index (χ4n) is 1.47. The summed E-state index contributed by atoms with van der Waals surface area (Å²) in [5, 5.41) is 17.1. The van der Waals surface area contributed by atoms with Crippen molar-refractivity contribution in [1.82, 2.24) is 5.32 Å². The molecule has 0 aliphatic heterocycles. The molecule has 1 amide bonds. The molecule has 98 valence electrons. The van der Waals surface area contributed by atoms with Crippen molar-refractivity contribution in [2.24, 2.45) is 0 Å². The lowest BCUT2D eigenvalue weighted by Gasteiger charge is -2.04. The maximum absolute atomic E-state index is 11.8. The van der Waals surface area contributed by atoms with Crippen LogP contribution in [-0.2, 0) is 6.54 Å². The van der Waals surface area contributed by atoms with E-state index in [-0.39, 0.29) is 16.6 Å². The Labute approximate surface area is 118 Å². The predicted molar refractivity (Wildman–Crippen MR) is 73.6 cm³/mol. The Morgan fingerprint density at radius 1 is 1.42 bits per heavy atom. The number of rotatable bonds is 4. The standard InChI is InChI=1S/C12H9ClN2O3S/c13-10-5-9(1-2-11(10)15(17)18)12(16)14-6-8-3-4-19-7-8/h1-5,7H,6H2,(H,14,16). The number of thiophene rings is 1. The van der Waals surface area contributed by atoms with Gasteiger partial charge in [-0.2, -0.15) is 11.3 Å². The zero-order valence-corrected chi connectivity index (χ0v) is 11.2. The lowest BCUT2D eigenvalue weighted by Crippen LogP contribution is -2.22. The third-order valence-electron chi connectivity index (χ3n) is 2.44. The molecule has 0 unspecified atom stereocenters. The summed E-state index contributed by atoms with van der Waals surface area (Å²) in [5.41, 5.74) is 1.09. The normalized spacial score (nSPS) is 10.2. The van der Waals surface area contributed by atoms with Crippen molar-refractivity contribution < 1.29 is 9.72 Å². The first kappa shape index (κ1) is 13.5. The van der Waals surface area contributed by atoms with Gasteiger partial charge in [0.05, 0.1) is 4.92 Å². The van der Waals surface area contributed by atoms with Gasteiger partial charge in [0.25, 0.3) is 11.6 Å². The van der Waals surface area contributed by atoms with Crippen LogP contribution in [0.5, 0.6) is 0 Å². The lowest BCUT2D eigenvalue weighted by molar-refractivity contribution is -0.384. The minimum Gasteiger partial charge on any atom is -0.348 e. The van der Waals surface area contributed by atoms with E-state index in [4.69, 9.17) is 11.6 Å². The van der Waals surface area contributed by atoms with Gasteiger partial charge in [0.15, 0.2) is 0 Å². The van der Waals surface area contributed by atoms with Gasteiger partial charge >= 0.3 is 0 Å². The second-order valence-corrected chi connectivity index (χ2v) is 4.92. The summed E-state index contributed by atoms with van der Waals surface area (Å²) >= 11 is 7.30. The van der Waals surface area contributed by atoms with Crippen LogP contribution in [0.3, 0.4) is 0 Å². The van der Waals surface area contributed by atoms with Crippen LogP contribution in [0.2, 0.25) is 5.02 Å². The quantitative estimate of drug-likeness (QED) is 0.695. The minimum absolute atomic E-state index is 0.0480. The topological polar surface area (TPSA) is 72.2 Å². The Morgan fingerprint density at radius 3 is 2.79 bits per heavy atom. The monoisotopic (exact) mass is 296 g/mol. The number of nitro groups is 1. The molecule has 0 fully saturated rings. The van der Waals surface area contributed by atoms with Crippen LogP contribution in [-0.4, -0.2) is 10.8 Å². The van der Waals surface area contributed by atoms with Crippen molar-refractivity contribution in [2.75, 3.05) is 0 Å². The lowest BCUT2D eigenvalue weighted by atomic mass is 10.2. The zero-order chi connectivity index (χ0) is 13.8. The molecular weight excluding hydrogens is 288 g/mol. The van der Waals surface area contributed by atoms with E-state index in [0.717, 1.165) is 5.56 Å². The number of nitro benzene ring substituents is 1. The molecule has 2 aromatic rings. The third-order valence-corrected chi connectivity index (χ3v) is 3.47. The number of benzene rings is 1. The van der Waals surface area contributed by atoms with Crippen LogP contribution in [0.25, 0.3) is 0 Å². The molecule has 19 heavy (non-hydrogen) atoms. The van der Waals surface area contributed by atoms with Gasteiger partial charge in [0, 0.05) is 18.2 Å². The highest BCUT2D eigenvalue weighted by molar-refractivity contribution is 7.07. The molecule has 0 saturated carbocycles. The van der Waals surface area contributed by atoms with Crippen molar-refractivity contribution in [3.63, 3.8) is 0 Å². The Hall–Kier alpha value is -1.92. The second kappa shape index (κ2) is 5.81. The Morgan fingerprint density at radius 2 is 2.21 bits per heavy atom. The summed E-state index contributed by atoms with van der Waals surface area (Å²) in [5.74, 6) is -0.317. The smallest absolute Gasteiger partial charge is 0.287 e. The molecule has 0 radical (unpaired) electrons. The molecule has 1 aromatic heterocycles. The Balaban J connectivity index is 2.07. The summed E-state index contributed by atoms with van der Waals surface area (Å²) in [6, 6.07) is 5.81. The first-order valence-electron chi connectivity index (χ1n) is 5.31. The summed E-state index contributed by atoms with van der Waals surface area (Å²) in [6.45, 7) is 0.414. The molecule has 1 aromatic carbocycles. The van der Waals surface area contributed by atoms with Crippen LogP contribution in [0, 0.1) is 10.1 Å². The summed E-state index contributed by atoms with van der Waals surface area (Å²) in [7, 11) is 0. The molecule has 0 aliphatic carbocycles. The molecule has 1 N–H and O–H groups in total. The average Bonchev–Trinajstić information content (AvgIpc) is 2.88. The number of carbonyl (C=O) groups is 1. The fraction of sp³-hybridized carbons (Fsp3) is 0.0833. The van der Waals surface area contributed by atoms with Crippen molar-refractivity contribution in [1.29, 1.82) is 0 Å². The summed E-state index contributed by atoms with van der Waals surface area (Å²) < 4.78 is 0. The number of nitrogens with zero attached hydrogens (tertiary/aromatic N) is 1. The number of hydrogen-bond donors (Lipinski definition) is 1. The number of amides is 1. The minimum atomic E-state index is -0.588. The van der Waals surface area contributed by atoms with Gasteiger partial charge in [-0.25, -0.2) is 0 Å². The van der Waals surface area contributed by atoms with E-state index in [2.05, 4.69) is 5.32 Å². The van der Waals surface area contributed by atoms with E-state index in [0.29, 0.717) is 12.1 Å². The molecule has 2 rings (SSSR count). The van der Waals surface area contributed by atoms with Gasteiger partial charge in [0.1, 0.15) is 5.02 Å². The van der Waals surface area contributed by atoms with Gasteiger partial charge in [-0.3, -0.25) is 14.9 Å². The maximum atomic E-state index is 11.8. The fourth-order valence-corrected chi connectivity index (χ4v) is 2.39. The number of nitrogens with one attached hydrogen (secondary N) is 1. The molecule has 5 nitrogen and oxygen atoms in total. The van der Waals surface area contributed by atoms with Crippen LogP contribution >= 0.6 is 22.9 Å². The zero-order valence-electron chi connectivity index (χ0n) is 9.63. The average molecular weight is 297 g/mol. The van der Waals surface area contributed by atoms with Gasteiger partial charge in [0.2, 0.25) is 0 Å². The highest BCUT2D eigenvalue weighted by Gasteiger charge is 2.15. The highest BCUT2D eigenvalue weighted by atomic mass is 35.5. The van der Waals surface area contributed by atoms with Gasteiger partial charge in [-0.05, 0) is 34.5 Å². The largest absolute Gasteiger partial charge is 0.348 e. The van der Waals surface area contributed by atoms with Gasteiger partial charge < -0.3 is 5.32 Å². The van der Waals surface area contributed by atoms with E-state index >= 15 is 0 Å². The highest BCUT2D eigenvalue weighted by Crippen LogP contribution is 2.24. The third kappa shape index (κ3) is 3.30. The van der Waals surface area contributed by atoms with Crippen LogP contribution < -0.4 is 5.32 Å². The van der Waals surface area contributed by atoms with Crippen molar-refractivity contribution in [3.8, 4) is 0 Å². The molecule has 1 heterocycles. The predicted octanol–water partition coefficient (Wildman–Crippen LogP) is 3.24. The first-order valence-corrected chi connectivity index (χ1v) is 6.63. The van der Waals surface area contributed by atoms with E-state index in [1.54, 1.807) is 11.3 Å². The summed E-state index contributed by atoms with van der Waals surface area (Å²) in [4.78, 5) is 21.9. The maximum Gasteiger partial charge on any atom is 0.287 e. The van der Waals surface area contributed by atoms with E-state index < -0.39 is 4.92 Å². The number of carbonyl (C=O) groups excluding carboxylic acids is 1. The van der Waals surface area contributed by atoms with Gasteiger partial charge in [-0.15, -0.1) is 0 Å². The van der Waals surface area contributed by atoms with E-state index in [1.807, 2.05) is 16.8 Å². The number of hydrogen-bond acceptors (Lipinski definition) is 4. The molecule has 0 saturated heterocycles. The Kier molecular flexibility index (Phi) is 4.13. The van der Waals surface area contributed by atoms with Crippen molar-refractivity contribution in [2.45, 2.75) is 6.54 Å². The van der Waals surface area contributed by atoms with Crippen molar-refractivity contribution >= 4 is 34.5 Å². The molecule has 0 atom stereocenters. The second-order valence-electron chi connectivity index (χ2n) is 3.74. The summed E-state index contributed by atoms with van der Waals surface area (Å²) in [6.07, 6.45) is 0. The van der Waals surface area contributed by atoms with Crippen LogP contribution in [0.15, 0.2) is 35.0 Å². The molecular formula is C12H9ClN2O3S. The Bertz CT molecular complexity index is 613. The van der Waals surface area contributed by atoms with Crippen molar-refractivity contribution in [3.05, 3.63) is 61.3 Å². The van der Waals surface area contributed by atoms with Crippen LogP contribution in [0.1, 0.15) is 15.9 Å². The first-order chi connectivity index (χ1) is 9.08. The number of halogens is 1. The SMILES string of the molecule is O=C(NCc1ccsc1)c1ccc([N+](=O)[O-])c(Cl)c1.